The van der Waals surface area contributed by atoms with E-state index in [9.17, 15) is 4.79 Å². The summed E-state index contributed by atoms with van der Waals surface area (Å²) in [5, 5.41) is 6.77. The van der Waals surface area contributed by atoms with Gasteiger partial charge in [0, 0.05) is 17.8 Å². The number of aryl methyl sites for hydroxylation is 2. The first-order valence-corrected chi connectivity index (χ1v) is 9.04. The molecular formula is C18H24ClN5O. The van der Waals surface area contributed by atoms with Gasteiger partial charge in [0.15, 0.2) is 11.5 Å². The molecule has 3 rings (SSSR count). The highest BCUT2D eigenvalue weighted by atomic mass is 35.5. The summed E-state index contributed by atoms with van der Waals surface area (Å²) in [6.45, 7) is 8.12. The lowest BCUT2D eigenvalue weighted by Crippen LogP contribution is -2.54. The van der Waals surface area contributed by atoms with Crippen molar-refractivity contribution in [2.45, 2.75) is 59.0 Å². The number of halogens is 1. The lowest BCUT2D eigenvalue weighted by atomic mass is 10.00. The minimum Gasteiger partial charge on any atom is -0.283 e. The largest absolute Gasteiger partial charge is 0.285 e. The molecule has 0 spiro atoms. The van der Waals surface area contributed by atoms with Gasteiger partial charge in [0.2, 0.25) is 0 Å². The number of pyridine rings is 1. The highest BCUT2D eigenvalue weighted by Gasteiger charge is 2.27. The zero-order chi connectivity index (χ0) is 18.1. The number of aromatic nitrogens is 3. The van der Waals surface area contributed by atoms with Crippen molar-refractivity contribution in [2.24, 2.45) is 0 Å². The standard InChI is InChI=1S/C18H24ClN5O/c1-11-10-14(4)24(21-11)16-9-8-15(19)17(20-16)18(25)22-23-12(2)6-5-7-13(23)3/h8-10,12-13H,5-7H2,1-4H3,(H,22,25)/t12-,13+. The molecule has 2 aromatic heterocycles. The second-order valence-corrected chi connectivity index (χ2v) is 7.22. The topological polar surface area (TPSA) is 63.1 Å². The van der Waals surface area contributed by atoms with E-state index in [1.807, 2.05) is 24.9 Å². The predicted octanol–water partition coefficient (Wildman–Crippen LogP) is 3.45. The number of nitrogens with zero attached hydrogens (tertiary/aromatic N) is 4. The van der Waals surface area contributed by atoms with Crippen LogP contribution in [0, 0.1) is 13.8 Å². The molecule has 1 saturated heterocycles. The summed E-state index contributed by atoms with van der Waals surface area (Å²) in [5.41, 5.74) is 5.07. The Balaban J connectivity index is 1.87. The van der Waals surface area contributed by atoms with Crippen molar-refractivity contribution in [1.29, 1.82) is 0 Å². The Morgan fingerprint density at radius 2 is 1.92 bits per heavy atom. The van der Waals surface area contributed by atoms with Gasteiger partial charge < -0.3 is 0 Å². The van der Waals surface area contributed by atoms with Crippen molar-refractivity contribution in [2.75, 3.05) is 0 Å². The van der Waals surface area contributed by atoms with E-state index in [0.717, 1.165) is 24.2 Å². The van der Waals surface area contributed by atoms with E-state index in [-0.39, 0.29) is 11.6 Å². The van der Waals surface area contributed by atoms with E-state index in [0.29, 0.717) is 22.9 Å². The Morgan fingerprint density at radius 1 is 1.24 bits per heavy atom. The SMILES string of the molecule is Cc1cc(C)n(-c2ccc(Cl)c(C(=O)NN3[C@H](C)CCC[C@@H]3C)n2)n1. The number of rotatable bonds is 3. The van der Waals surface area contributed by atoms with E-state index >= 15 is 0 Å². The fraction of sp³-hybridized carbons (Fsp3) is 0.500. The third kappa shape index (κ3) is 3.70. The summed E-state index contributed by atoms with van der Waals surface area (Å²) in [6, 6.07) is 6.02. The Kier molecular flexibility index (Phi) is 5.11. The zero-order valence-electron chi connectivity index (χ0n) is 15.1. The van der Waals surface area contributed by atoms with Crippen LogP contribution in [-0.4, -0.2) is 37.8 Å². The Morgan fingerprint density at radius 3 is 2.52 bits per heavy atom. The highest BCUT2D eigenvalue weighted by molar-refractivity contribution is 6.33. The summed E-state index contributed by atoms with van der Waals surface area (Å²) in [4.78, 5) is 17.2. The fourth-order valence-electron chi connectivity index (χ4n) is 3.38. The third-order valence-corrected chi connectivity index (χ3v) is 5.00. The molecule has 2 aromatic rings. The normalized spacial score (nSPS) is 21.3. The van der Waals surface area contributed by atoms with Gasteiger partial charge in [-0.1, -0.05) is 18.0 Å². The Bertz CT molecular complexity index is 778. The summed E-state index contributed by atoms with van der Waals surface area (Å²) in [6.07, 6.45) is 3.32. The molecule has 25 heavy (non-hydrogen) atoms. The van der Waals surface area contributed by atoms with E-state index < -0.39 is 0 Å². The molecule has 3 heterocycles. The van der Waals surface area contributed by atoms with Gasteiger partial charge in [-0.3, -0.25) is 10.2 Å². The van der Waals surface area contributed by atoms with Crippen molar-refractivity contribution in [3.63, 3.8) is 0 Å². The second-order valence-electron chi connectivity index (χ2n) is 6.82. The van der Waals surface area contributed by atoms with Gasteiger partial charge >= 0.3 is 0 Å². The van der Waals surface area contributed by atoms with Crippen LogP contribution in [0.2, 0.25) is 5.02 Å². The monoisotopic (exact) mass is 361 g/mol. The zero-order valence-corrected chi connectivity index (χ0v) is 15.8. The Labute approximate surface area is 153 Å². The van der Waals surface area contributed by atoms with Crippen molar-refractivity contribution < 1.29 is 4.79 Å². The lowest BCUT2D eigenvalue weighted by Gasteiger charge is -2.38. The first kappa shape index (κ1) is 17.9. The molecule has 7 heteroatoms. The number of hydrogen-bond acceptors (Lipinski definition) is 4. The van der Waals surface area contributed by atoms with Crippen LogP contribution in [0.25, 0.3) is 5.82 Å². The van der Waals surface area contributed by atoms with Crippen molar-refractivity contribution >= 4 is 17.5 Å². The Hall–Kier alpha value is -1.92. The minimum atomic E-state index is -0.283. The number of amides is 1. The maximum atomic E-state index is 12.8. The van der Waals surface area contributed by atoms with Crippen LogP contribution < -0.4 is 5.43 Å². The smallest absolute Gasteiger partial charge is 0.283 e. The van der Waals surface area contributed by atoms with Gasteiger partial charge in [-0.25, -0.2) is 14.7 Å². The van der Waals surface area contributed by atoms with E-state index in [2.05, 4.69) is 29.4 Å². The van der Waals surface area contributed by atoms with Gasteiger partial charge in [-0.2, -0.15) is 5.10 Å². The molecular weight excluding hydrogens is 338 g/mol. The number of nitrogens with one attached hydrogen (secondary N) is 1. The summed E-state index contributed by atoms with van der Waals surface area (Å²) >= 11 is 6.24. The molecule has 1 aliphatic heterocycles. The van der Waals surface area contributed by atoms with E-state index in [4.69, 9.17) is 11.6 Å². The molecule has 1 fully saturated rings. The summed E-state index contributed by atoms with van der Waals surface area (Å²) < 4.78 is 1.72. The van der Waals surface area contributed by atoms with Crippen molar-refractivity contribution in [3.05, 3.63) is 40.3 Å². The lowest BCUT2D eigenvalue weighted by molar-refractivity contribution is 0.0366. The highest BCUT2D eigenvalue weighted by Crippen LogP contribution is 2.22. The third-order valence-electron chi connectivity index (χ3n) is 4.70. The van der Waals surface area contributed by atoms with Gasteiger partial charge in [0.1, 0.15) is 0 Å². The molecule has 1 aliphatic rings. The predicted molar refractivity (Wildman–Crippen MR) is 97.9 cm³/mol. The summed E-state index contributed by atoms with van der Waals surface area (Å²) in [5.74, 6) is 0.300. The second kappa shape index (κ2) is 7.14. The molecule has 134 valence electrons. The minimum absolute atomic E-state index is 0.219. The maximum Gasteiger partial charge on any atom is 0.285 e. The van der Waals surface area contributed by atoms with Crippen LogP contribution >= 0.6 is 11.6 Å². The molecule has 1 amide bonds. The van der Waals surface area contributed by atoms with Gasteiger partial charge in [-0.05, 0) is 58.7 Å². The van der Waals surface area contributed by atoms with Crippen molar-refractivity contribution in [1.82, 2.24) is 25.2 Å². The van der Waals surface area contributed by atoms with Crippen LogP contribution in [0.4, 0.5) is 0 Å². The van der Waals surface area contributed by atoms with Crippen LogP contribution in [0.1, 0.15) is 55.0 Å². The quantitative estimate of drug-likeness (QED) is 0.909. The number of carbonyl (C=O) groups excluding carboxylic acids is 1. The molecule has 0 aliphatic carbocycles. The van der Waals surface area contributed by atoms with Gasteiger partial charge in [0.05, 0.1) is 10.7 Å². The number of piperidine rings is 1. The van der Waals surface area contributed by atoms with Crippen molar-refractivity contribution in [3.8, 4) is 5.82 Å². The first-order chi connectivity index (χ1) is 11.9. The first-order valence-electron chi connectivity index (χ1n) is 8.66. The average molecular weight is 362 g/mol. The molecule has 0 aromatic carbocycles. The van der Waals surface area contributed by atoms with Gasteiger partial charge in [-0.15, -0.1) is 0 Å². The van der Waals surface area contributed by atoms with Gasteiger partial charge in [0.25, 0.3) is 5.91 Å². The maximum absolute atomic E-state index is 12.8. The molecule has 0 bridgehead atoms. The van der Waals surface area contributed by atoms with Crippen LogP contribution in [0.5, 0.6) is 0 Å². The van der Waals surface area contributed by atoms with Crippen LogP contribution in [0.15, 0.2) is 18.2 Å². The number of hydrazine groups is 1. The molecule has 1 N–H and O–H groups in total. The number of hydrogen-bond donors (Lipinski definition) is 1. The molecule has 0 unspecified atom stereocenters. The average Bonchev–Trinajstić information content (AvgIpc) is 2.90. The fourth-order valence-corrected chi connectivity index (χ4v) is 3.57. The number of carbonyl (C=O) groups is 1. The summed E-state index contributed by atoms with van der Waals surface area (Å²) in [7, 11) is 0. The van der Waals surface area contributed by atoms with Crippen LogP contribution in [-0.2, 0) is 0 Å². The molecule has 2 atom stereocenters. The molecule has 6 nitrogen and oxygen atoms in total. The molecule has 0 saturated carbocycles. The molecule has 0 radical (unpaired) electrons. The van der Waals surface area contributed by atoms with E-state index in [1.54, 1.807) is 16.8 Å². The van der Waals surface area contributed by atoms with E-state index in [1.165, 1.54) is 6.42 Å². The van der Waals surface area contributed by atoms with Crippen LogP contribution in [0.3, 0.4) is 0 Å².